The molecular formula is C12H18F2N4. The van der Waals surface area contributed by atoms with Crippen molar-refractivity contribution in [2.75, 3.05) is 19.6 Å². The normalized spacial score (nSPS) is 28.4. The molecule has 1 aromatic rings. The number of H-pyrrole nitrogens is 1. The highest BCUT2D eigenvalue weighted by atomic mass is 19.3. The van der Waals surface area contributed by atoms with Gasteiger partial charge in [0.15, 0.2) is 0 Å². The summed E-state index contributed by atoms with van der Waals surface area (Å²) in [5, 5.41) is 6.78. The van der Waals surface area contributed by atoms with E-state index in [9.17, 15) is 8.78 Å². The minimum atomic E-state index is -2.36. The van der Waals surface area contributed by atoms with E-state index < -0.39 is 5.92 Å². The van der Waals surface area contributed by atoms with Crippen molar-refractivity contribution < 1.29 is 8.78 Å². The van der Waals surface area contributed by atoms with Crippen LogP contribution in [0.25, 0.3) is 0 Å². The van der Waals surface area contributed by atoms with Crippen LogP contribution in [-0.2, 0) is 0 Å². The molecule has 2 fully saturated rings. The molecule has 1 atom stereocenters. The zero-order chi connectivity index (χ0) is 12.6. The summed E-state index contributed by atoms with van der Waals surface area (Å²) < 4.78 is 25.5. The molecule has 1 aliphatic heterocycles. The maximum absolute atomic E-state index is 12.8. The lowest BCUT2D eigenvalue weighted by molar-refractivity contribution is 0.0921. The van der Waals surface area contributed by atoms with Gasteiger partial charge in [-0.2, -0.15) is 5.10 Å². The largest absolute Gasteiger partial charge is 0.303 e. The van der Waals surface area contributed by atoms with E-state index >= 15 is 0 Å². The van der Waals surface area contributed by atoms with Crippen molar-refractivity contribution in [1.29, 1.82) is 0 Å². The van der Waals surface area contributed by atoms with Gasteiger partial charge in [0.2, 0.25) is 0 Å². The van der Waals surface area contributed by atoms with Crippen LogP contribution in [0.2, 0.25) is 0 Å². The monoisotopic (exact) mass is 256 g/mol. The van der Waals surface area contributed by atoms with Crippen LogP contribution < -0.4 is 0 Å². The van der Waals surface area contributed by atoms with Gasteiger partial charge >= 0.3 is 0 Å². The number of piperidine rings is 1. The van der Waals surface area contributed by atoms with Crippen molar-refractivity contribution in [2.45, 2.75) is 37.5 Å². The number of hydrogen-bond acceptors (Lipinski definition) is 3. The number of alkyl halides is 2. The molecule has 0 spiro atoms. The molecule has 4 nitrogen and oxygen atoms in total. The predicted molar refractivity (Wildman–Crippen MR) is 62.5 cm³/mol. The van der Waals surface area contributed by atoms with Crippen LogP contribution in [0.15, 0.2) is 6.33 Å². The number of likely N-dealkylation sites (tertiary alicyclic amines) is 1. The molecule has 1 aromatic heterocycles. The number of aromatic nitrogens is 3. The SMILES string of the molecule is FC1(F)CC1CCN1CCC(c2ncn[nH]2)CC1. The summed E-state index contributed by atoms with van der Waals surface area (Å²) in [6.07, 6.45) is 4.35. The van der Waals surface area contributed by atoms with Gasteiger partial charge in [0.25, 0.3) is 5.92 Å². The van der Waals surface area contributed by atoms with E-state index in [2.05, 4.69) is 20.1 Å². The summed E-state index contributed by atoms with van der Waals surface area (Å²) in [4.78, 5) is 6.48. The van der Waals surface area contributed by atoms with Gasteiger partial charge in [0.05, 0.1) is 0 Å². The van der Waals surface area contributed by atoms with Crippen molar-refractivity contribution in [3.8, 4) is 0 Å². The molecule has 0 amide bonds. The zero-order valence-corrected chi connectivity index (χ0v) is 10.3. The number of halogens is 2. The Hall–Kier alpha value is -1.04. The first-order valence-corrected chi connectivity index (χ1v) is 6.60. The molecule has 18 heavy (non-hydrogen) atoms. The molecular weight excluding hydrogens is 238 g/mol. The van der Waals surface area contributed by atoms with Gasteiger partial charge in [-0.3, -0.25) is 5.10 Å². The van der Waals surface area contributed by atoms with E-state index in [0.29, 0.717) is 12.3 Å². The second-order valence-corrected chi connectivity index (χ2v) is 5.44. The molecule has 1 N–H and O–H groups in total. The molecule has 3 rings (SSSR count). The molecule has 1 aliphatic carbocycles. The lowest BCUT2D eigenvalue weighted by atomic mass is 9.96. The third-order valence-corrected chi connectivity index (χ3v) is 4.16. The van der Waals surface area contributed by atoms with Gasteiger partial charge in [-0.05, 0) is 38.9 Å². The molecule has 100 valence electrons. The summed E-state index contributed by atoms with van der Waals surface area (Å²) in [5.41, 5.74) is 0. The number of nitrogens with zero attached hydrogens (tertiary/aromatic N) is 3. The molecule has 0 aromatic carbocycles. The summed E-state index contributed by atoms with van der Waals surface area (Å²) in [6, 6.07) is 0. The third-order valence-electron chi connectivity index (χ3n) is 4.16. The minimum absolute atomic E-state index is 0.0987. The fourth-order valence-corrected chi connectivity index (χ4v) is 2.76. The number of hydrogen-bond donors (Lipinski definition) is 1. The highest BCUT2D eigenvalue weighted by Gasteiger charge is 2.56. The second-order valence-electron chi connectivity index (χ2n) is 5.44. The highest BCUT2D eigenvalue weighted by molar-refractivity contribution is 4.97. The quantitative estimate of drug-likeness (QED) is 0.896. The number of nitrogens with one attached hydrogen (secondary N) is 1. The fourth-order valence-electron chi connectivity index (χ4n) is 2.76. The maximum Gasteiger partial charge on any atom is 0.251 e. The van der Waals surface area contributed by atoms with Crippen molar-refractivity contribution in [3.05, 3.63) is 12.2 Å². The van der Waals surface area contributed by atoms with Gasteiger partial charge in [-0.1, -0.05) is 0 Å². The van der Waals surface area contributed by atoms with E-state index in [4.69, 9.17) is 0 Å². The Kier molecular flexibility index (Phi) is 3.05. The van der Waals surface area contributed by atoms with Crippen LogP contribution in [0, 0.1) is 5.92 Å². The summed E-state index contributed by atoms with van der Waals surface area (Å²) in [6.45, 7) is 2.76. The second kappa shape index (κ2) is 4.57. The van der Waals surface area contributed by atoms with Gasteiger partial charge in [0, 0.05) is 18.3 Å². The molecule has 2 aliphatic rings. The molecule has 2 heterocycles. The Morgan fingerprint density at radius 3 is 2.67 bits per heavy atom. The van der Waals surface area contributed by atoms with Crippen LogP contribution in [-0.4, -0.2) is 45.6 Å². The first kappa shape index (κ1) is 12.0. The topological polar surface area (TPSA) is 44.8 Å². The van der Waals surface area contributed by atoms with Crippen molar-refractivity contribution >= 4 is 0 Å². The van der Waals surface area contributed by atoms with Crippen molar-refractivity contribution in [2.24, 2.45) is 5.92 Å². The standard InChI is InChI=1S/C12H18F2N4/c13-12(14)7-10(12)3-6-18-4-1-9(2-5-18)11-15-8-16-17-11/h8-10H,1-7H2,(H,15,16,17). The lowest BCUT2D eigenvalue weighted by Gasteiger charge is -2.30. The Bertz CT molecular complexity index is 385. The molecule has 1 saturated heterocycles. The molecule has 1 saturated carbocycles. The van der Waals surface area contributed by atoms with Crippen LogP contribution in [0.4, 0.5) is 8.78 Å². The average Bonchev–Trinajstić information content (AvgIpc) is 2.82. The Morgan fingerprint density at radius 1 is 1.39 bits per heavy atom. The van der Waals surface area contributed by atoms with Crippen LogP contribution in [0.3, 0.4) is 0 Å². The van der Waals surface area contributed by atoms with Gasteiger partial charge in [-0.15, -0.1) is 0 Å². The Labute approximate surface area is 105 Å². The van der Waals surface area contributed by atoms with Crippen LogP contribution in [0.1, 0.15) is 37.4 Å². The fraction of sp³-hybridized carbons (Fsp3) is 0.833. The number of aromatic amines is 1. The maximum atomic E-state index is 12.8. The van der Waals surface area contributed by atoms with E-state index in [-0.39, 0.29) is 12.3 Å². The first-order chi connectivity index (χ1) is 8.65. The Morgan fingerprint density at radius 2 is 2.11 bits per heavy atom. The van der Waals surface area contributed by atoms with E-state index in [1.165, 1.54) is 6.33 Å². The molecule has 0 bridgehead atoms. The van der Waals surface area contributed by atoms with Crippen LogP contribution in [0.5, 0.6) is 0 Å². The van der Waals surface area contributed by atoms with Gasteiger partial charge < -0.3 is 4.90 Å². The molecule has 1 unspecified atom stereocenters. The average molecular weight is 256 g/mol. The van der Waals surface area contributed by atoms with E-state index in [1.54, 1.807) is 0 Å². The number of rotatable bonds is 4. The van der Waals surface area contributed by atoms with E-state index in [0.717, 1.165) is 38.3 Å². The van der Waals surface area contributed by atoms with Gasteiger partial charge in [-0.25, -0.2) is 13.8 Å². The van der Waals surface area contributed by atoms with E-state index in [1.807, 2.05) is 0 Å². The van der Waals surface area contributed by atoms with Gasteiger partial charge in [0.1, 0.15) is 12.2 Å². The smallest absolute Gasteiger partial charge is 0.251 e. The highest BCUT2D eigenvalue weighted by Crippen LogP contribution is 2.50. The Balaban J connectivity index is 1.41. The minimum Gasteiger partial charge on any atom is -0.303 e. The van der Waals surface area contributed by atoms with Crippen molar-refractivity contribution in [3.63, 3.8) is 0 Å². The molecule has 6 heteroatoms. The summed E-state index contributed by atoms with van der Waals surface area (Å²) in [5.74, 6) is -1.31. The summed E-state index contributed by atoms with van der Waals surface area (Å²) >= 11 is 0. The third kappa shape index (κ3) is 2.53. The summed E-state index contributed by atoms with van der Waals surface area (Å²) in [7, 11) is 0. The molecule has 0 radical (unpaired) electrons. The zero-order valence-electron chi connectivity index (χ0n) is 10.3. The first-order valence-electron chi connectivity index (χ1n) is 6.60. The van der Waals surface area contributed by atoms with Crippen LogP contribution >= 0.6 is 0 Å². The lowest BCUT2D eigenvalue weighted by Crippen LogP contribution is -2.34. The van der Waals surface area contributed by atoms with Crippen molar-refractivity contribution in [1.82, 2.24) is 20.1 Å². The predicted octanol–water partition coefficient (Wildman–Crippen LogP) is 2.03.